The number of rotatable bonds is 1. The Hall–Kier alpha value is -2.17. The monoisotopic (exact) mass is 273 g/mol. The fraction of sp³-hybridized carbons (Fsp3) is 0.400. The van der Waals surface area contributed by atoms with Gasteiger partial charge in [-0.25, -0.2) is 0 Å². The van der Waals surface area contributed by atoms with Crippen LogP contribution in [0.1, 0.15) is 26.5 Å². The first-order valence-corrected chi connectivity index (χ1v) is 6.61. The Morgan fingerprint density at radius 1 is 1.20 bits per heavy atom. The van der Waals surface area contributed by atoms with Gasteiger partial charge in [-0.2, -0.15) is 5.10 Å². The third kappa shape index (κ3) is 1.90. The minimum absolute atomic E-state index is 0.0823. The number of aryl methyl sites for hydroxylation is 1. The molecule has 0 saturated carbocycles. The molecular weight excluding hydrogens is 254 g/mol. The number of nitrogen functional groups attached to an aromatic ring is 1. The number of aromatic nitrogens is 2. The lowest BCUT2D eigenvalue weighted by atomic mass is 9.87. The van der Waals surface area contributed by atoms with E-state index in [0.717, 1.165) is 28.3 Å². The predicted molar refractivity (Wildman–Crippen MR) is 77.9 cm³/mol. The Kier molecular flexibility index (Phi) is 2.67. The summed E-state index contributed by atoms with van der Waals surface area (Å²) < 4.78 is 12.5. The van der Waals surface area contributed by atoms with Crippen LogP contribution in [-0.2, 0) is 12.5 Å². The van der Waals surface area contributed by atoms with E-state index in [9.17, 15) is 0 Å². The average molecular weight is 273 g/mol. The molecule has 0 atom stereocenters. The minimum atomic E-state index is -0.0823. The number of ether oxygens (including phenoxy) is 2. The lowest BCUT2D eigenvalue weighted by molar-refractivity contribution is 0.174. The SMILES string of the molecule is Cn1nc(C(C)(C)C)c(-c2ccc3c(c2)OCO3)c1N. The van der Waals surface area contributed by atoms with Crippen molar-refractivity contribution in [2.45, 2.75) is 26.2 Å². The molecule has 106 valence electrons. The molecule has 2 heterocycles. The third-order valence-corrected chi connectivity index (χ3v) is 3.46. The Labute approximate surface area is 118 Å². The summed E-state index contributed by atoms with van der Waals surface area (Å²) in [6, 6.07) is 5.87. The summed E-state index contributed by atoms with van der Waals surface area (Å²) in [5.41, 5.74) is 9.08. The van der Waals surface area contributed by atoms with Gasteiger partial charge in [0, 0.05) is 18.0 Å². The number of benzene rings is 1. The maximum absolute atomic E-state index is 6.21. The number of fused-ring (bicyclic) bond motifs is 1. The molecule has 0 amide bonds. The molecule has 5 nitrogen and oxygen atoms in total. The maximum atomic E-state index is 6.21. The van der Waals surface area contributed by atoms with Crippen LogP contribution in [-0.4, -0.2) is 16.6 Å². The minimum Gasteiger partial charge on any atom is -0.454 e. The van der Waals surface area contributed by atoms with Crippen molar-refractivity contribution >= 4 is 5.82 Å². The van der Waals surface area contributed by atoms with Crippen molar-refractivity contribution in [3.63, 3.8) is 0 Å². The zero-order valence-corrected chi connectivity index (χ0v) is 12.2. The molecule has 0 spiro atoms. The molecule has 3 rings (SSSR count). The lowest BCUT2D eigenvalue weighted by Gasteiger charge is -2.17. The molecule has 1 aromatic heterocycles. The molecule has 0 saturated heterocycles. The van der Waals surface area contributed by atoms with Crippen LogP contribution in [0.15, 0.2) is 18.2 Å². The molecule has 0 aliphatic carbocycles. The standard InChI is InChI=1S/C15H19N3O2/c1-15(2,3)13-12(14(16)18(4)17-13)9-5-6-10-11(7-9)20-8-19-10/h5-7H,8,16H2,1-4H3. The highest BCUT2D eigenvalue weighted by Crippen LogP contribution is 2.41. The first-order valence-electron chi connectivity index (χ1n) is 6.61. The van der Waals surface area contributed by atoms with Crippen LogP contribution in [0.3, 0.4) is 0 Å². The van der Waals surface area contributed by atoms with E-state index >= 15 is 0 Å². The van der Waals surface area contributed by atoms with Gasteiger partial charge in [0.2, 0.25) is 6.79 Å². The molecule has 2 aromatic rings. The van der Waals surface area contributed by atoms with Crippen molar-refractivity contribution in [1.29, 1.82) is 0 Å². The van der Waals surface area contributed by atoms with Gasteiger partial charge < -0.3 is 15.2 Å². The molecule has 1 aliphatic heterocycles. The molecule has 0 bridgehead atoms. The van der Waals surface area contributed by atoms with Gasteiger partial charge in [-0.15, -0.1) is 0 Å². The Bertz CT molecular complexity index is 668. The van der Waals surface area contributed by atoms with E-state index in [2.05, 4.69) is 25.9 Å². The summed E-state index contributed by atoms with van der Waals surface area (Å²) >= 11 is 0. The quantitative estimate of drug-likeness (QED) is 0.867. The lowest BCUT2D eigenvalue weighted by Crippen LogP contribution is -2.13. The van der Waals surface area contributed by atoms with Crippen LogP contribution in [0.4, 0.5) is 5.82 Å². The molecular formula is C15H19N3O2. The number of nitrogens with two attached hydrogens (primary N) is 1. The van der Waals surface area contributed by atoms with E-state index in [-0.39, 0.29) is 12.2 Å². The van der Waals surface area contributed by atoms with Crippen LogP contribution >= 0.6 is 0 Å². The van der Waals surface area contributed by atoms with Crippen molar-refractivity contribution in [1.82, 2.24) is 9.78 Å². The summed E-state index contributed by atoms with van der Waals surface area (Å²) in [5.74, 6) is 2.19. The second kappa shape index (κ2) is 4.16. The van der Waals surface area contributed by atoms with Gasteiger partial charge in [0.1, 0.15) is 5.82 Å². The molecule has 1 aliphatic rings. The fourth-order valence-electron chi connectivity index (χ4n) is 2.40. The maximum Gasteiger partial charge on any atom is 0.231 e. The van der Waals surface area contributed by atoms with Gasteiger partial charge in [0.05, 0.1) is 5.69 Å². The number of anilines is 1. The smallest absolute Gasteiger partial charge is 0.231 e. The van der Waals surface area contributed by atoms with Crippen molar-refractivity contribution in [2.24, 2.45) is 7.05 Å². The summed E-state index contributed by atoms with van der Waals surface area (Å²) in [5, 5.41) is 4.57. The van der Waals surface area contributed by atoms with Crippen LogP contribution in [0.2, 0.25) is 0 Å². The van der Waals surface area contributed by atoms with Gasteiger partial charge in [-0.1, -0.05) is 26.8 Å². The molecule has 1 aromatic carbocycles. The van der Waals surface area contributed by atoms with E-state index in [1.165, 1.54) is 0 Å². The van der Waals surface area contributed by atoms with Gasteiger partial charge in [-0.3, -0.25) is 4.68 Å². The molecule has 0 fully saturated rings. The van der Waals surface area contributed by atoms with Gasteiger partial charge in [0.25, 0.3) is 0 Å². The first-order chi connectivity index (χ1) is 9.38. The van der Waals surface area contributed by atoms with Crippen molar-refractivity contribution < 1.29 is 9.47 Å². The highest BCUT2D eigenvalue weighted by molar-refractivity contribution is 5.79. The summed E-state index contributed by atoms with van der Waals surface area (Å²) in [6.45, 7) is 6.66. The molecule has 0 unspecified atom stereocenters. The highest BCUT2D eigenvalue weighted by Gasteiger charge is 2.27. The van der Waals surface area contributed by atoms with Crippen molar-refractivity contribution in [3.05, 3.63) is 23.9 Å². The second-order valence-corrected chi connectivity index (χ2v) is 6.05. The normalized spacial score (nSPS) is 13.8. The Morgan fingerprint density at radius 2 is 1.90 bits per heavy atom. The molecule has 20 heavy (non-hydrogen) atoms. The van der Waals surface area contributed by atoms with Crippen LogP contribution < -0.4 is 15.2 Å². The number of nitrogens with zero attached hydrogens (tertiary/aromatic N) is 2. The van der Waals surface area contributed by atoms with E-state index in [1.807, 2.05) is 25.2 Å². The van der Waals surface area contributed by atoms with Crippen molar-refractivity contribution in [2.75, 3.05) is 12.5 Å². The topological polar surface area (TPSA) is 62.3 Å². The average Bonchev–Trinajstić information content (AvgIpc) is 2.94. The zero-order chi connectivity index (χ0) is 14.5. The summed E-state index contributed by atoms with van der Waals surface area (Å²) in [4.78, 5) is 0. The zero-order valence-electron chi connectivity index (χ0n) is 12.2. The first kappa shape index (κ1) is 12.8. The van der Waals surface area contributed by atoms with Crippen LogP contribution in [0, 0.1) is 0 Å². The van der Waals surface area contributed by atoms with E-state index in [4.69, 9.17) is 15.2 Å². The van der Waals surface area contributed by atoms with E-state index in [0.29, 0.717) is 5.82 Å². The largest absolute Gasteiger partial charge is 0.454 e. The van der Waals surface area contributed by atoms with Gasteiger partial charge in [-0.05, 0) is 17.7 Å². The number of hydrogen-bond donors (Lipinski definition) is 1. The Balaban J connectivity index is 2.19. The molecule has 2 N–H and O–H groups in total. The van der Waals surface area contributed by atoms with Gasteiger partial charge >= 0.3 is 0 Å². The molecule has 0 radical (unpaired) electrons. The summed E-state index contributed by atoms with van der Waals surface area (Å²) in [6.07, 6.45) is 0. The second-order valence-electron chi connectivity index (χ2n) is 6.05. The van der Waals surface area contributed by atoms with Crippen molar-refractivity contribution in [3.8, 4) is 22.6 Å². The highest BCUT2D eigenvalue weighted by atomic mass is 16.7. The Morgan fingerprint density at radius 3 is 2.60 bits per heavy atom. The van der Waals surface area contributed by atoms with E-state index < -0.39 is 0 Å². The van der Waals surface area contributed by atoms with Gasteiger partial charge in [0.15, 0.2) is 11.5 Å². The summed E-state index contributed by atoms with van der Waals surface area (Å²) in [7, 11) is 1.86. The molecule has 5 heteroatoms. The van der Waals surface area contributed by atoms with E-state index in [1.54, 1.807) is 4.68 Å². The predicted octanol–water partition coefficient (Wildman–Crippen LogP) is 2.70. The fourth-order valence-corrected chi connectivity index (χ4v) is 2.40. The number of hydrogen-bond acceptors (Lipinski definition) is 4. The van der Waals surface area contributed by atoms with Crippen LogP contribution in [0.25, 0.3) is 11.1 Å². The third-order valence-electron chi connectivity index (χ3n) is 3.46. The van der Waals surface area contributed by atoms with Crippen LogP contribution in [0.5, 0.6) is 11.5 Å².